The number of rotatable bonds is 3. The molecule has 21 heavy (non-hydrogen) atoms. The summed E-state index contributed by atoms with van der Waals surface area (Å²) in [4.78, 5) is 2.47. The molecule has 1 aromatic carbocycles. The average Bonchev–Trinajstić information content (AvgIpc) is 2.45. The van der Waals surface area contributed by atoms with Gasteiger partial charge in [-0.1, -0.05) is 26.8 Å². The molecular weight excluding hydrogens is 260 g/mol. The van der Waals surface area contributed by atoms with Gasteiger partial charge in [-0.3, -0.25) is 4.90 Å². The number of nitrogens with zero attached hydrogens (tertiary/aromatic N) is 1. The molecule has 1 aliphatic carbocycles. The van der Waals surface area contributed by atoms with Crippen molar-refractivity contribution >= 4 is 0 Å². The highest BCUT2D eigenvalue weighted by Gasteiger charge is 2.35. The Morgan fingerprint density at radius 2 is 2.00 bits per heavy atom. The largest absolute Gasteiger partial charge is 0.497 e. The second-order valence-electron chi connectivity index (χ2n) is 7.40. The first-order valence-electron chi connectivity index (χ1n) is 7.90. The lowest BCUT2D eigenvalue weighted by atomic mass is 9.80. The highest BCUT2D eigenvalue weighted by atomic mass is 16.5. The van der Waals surface area contributed by atoms with Gasteiger partial charge in [0.05, 0.1) is 7.11 Å². The number of hydrogen-bond acceptors (Lipinski definition) is 3. The first-order chi connectivity index (χ1) is 9.75. The van der Waals surface area contributed by atoms with Crippen LogP contribution < -0.4 is 10.5 Å². The predicted octanol–water partition coefficient (Wildman–Crippen LogP) is 3.38. The molecule has 0 bridgehead atoms. The van der Waals surface area contributed by atoms with E-state index in [-0.39, 0.29) is 11.5 Å². The zero-order valence-electron chi connectivity index (χ0n) is 14.3. The Morgan fingerprint density at radius 1 is 1.33 bits per heavy atom. The summed E-state index contributed by atoms with van der Waals surface area (Å²) in [6.45, 7) is 9.17. The summed E-state index contributed by atoms with van der Waals surface area (Å²) in [5.74, 6) is 0.899. The van der Waals surface area contributed by atoms with Gasteiger partial charge in [0, 0.05) is 18.1 Å². The molecule has 0 heterocycles. The molecule has 1 aliphatic rings. The third-order valence-electron chi connectivity index (χ3n) is 5.22. The quantitative estimate of drug-likeness (QED) is 0.927. The molecule has 3 atom stereocenters. The molecule has 0 aromatic heterocycles. The lowest BCUT2D eigenvalue weighted by Crippen LogP contribution is -2.50. The summed E-state index contributed by atoms with van der Waals surface area (Å²) in [6, 6.07) is 7.24. The van der Waals surface area contributed by atoms with E-state index in [4.69, 9.17) is 10.5 Å². The molecule has 0 fully saturated rings. The van der Waals surface area contributed by atoms with Gasteiger partial charge in [0.25, 0.3) is 0 Å². The molecule has 1 aromatic rings. The first kappa shape index (κ1) is 16.3. The minimum Gasteiger partial charge on any atom is -0.497 e. The van der Waals surface area contributed by atoms with Crippen molar-refractivity contribution in [3.8, 4) is 5.75 Å². The van der Waals surface area contributed by atoms with Crippen LogP contribution in [0.25, 0.3) is 0 Å². The Morgan fingerprint density at radius 3 is 2.57 bits per heavy atom. The Bertz CT molecular complexity index is 492. The molecule has 0 saturated heterocycles. The van der Waals surface area contributed by atoms with Gasteiger partial charge in [0.15, 0.2) is 0 Å². The highest BCUT2D eigenvalue weighted by Crippen LogP contribution is 2.36. The van der Waals surface area contributed by atoms with Gasteiger partial charge in [-0.05, 0) is 55.5 Å². The number of hydrogen-bond donors (Lipinski definition) is 1. The second kappa shape index (κ2) is 5.98. The molecular formula is C18H30N2O. The smallest absolute Gasteiger partial charge is 0.119 e. The Kier molecular flexibility index (Phi) is 4.64. The van der Waals surface area contributed by atoms with Crippen molar-refractivity contribution in [2.24, 2.45) is 11.1 Å². The molecule has 0 aliphatic heterocycles. The number of nitrogens with two attached hydrogens (primary N) is 1. The lowest BCUT2D eigenvalue weighted by Gasteiger charge is -2.44. The number of likely N-dealkylation sites (N-methyl/N-ethyl adjacent to an activating group) is 1. The zero-order chi connectivity index (χ0) is 15.8. The fraction of sp³-hybridized carbons (Fsp3) is 0.667. The summed E-state index contributed by atoms with van der Waals surface area (Å²) < 4.78 is 5.36. The van der Waals surface area contributed by atoms with E-state index in [0.29, 0.717) is 12.1 Å². The van der Waals surface area contributed by atoms with E-state index in [0.717, 1.165) is 18.6 Å². The summed E-state index contributed by atoms with van der Waals surface area (Å²) in [7, 11) is 3.92. The average molecular weight is 290 g/mol. The van der Waals surface area contributed by atoms with Gasteiger partial charge in [-0.25, -0.2) is 0 Å². The van der Waals surface area contributed by atoms with E-state index in [1.165, 1.54) is 11.1 Å². The van der Waals surface area contributed by atoms with Crippen molar-refractivity contribution in [2.75, 3.05) is 14.2 Å². The third-order valence-corrected chi connectivity index (χ3v) is 5.22. The maximum absolute atomic E-state index is 6.60. The minimum atomic E-state index is 0.0543. The SMILES string of the molecule is COc1ccc2c(c1)C(N)C(N(C)C(C)C(C)(C)C)CC2. The summed E-state index contributed by atoms with van der Waals surface area (Å²) in [5, 5.41) is 0. The van der Waals surface area contributed by atoms with Gasteiger partial charge in [0.2, 0.25) is 0 Å². The predicted molar refractivity (Wildman–Crippen MR) is 88.7 cm³/mol. The minimum absolute atomic E-state index is 0.0543. The molecule has 0 radical (unpaired) electrons. The zero-order valence-corrected chi connectivity index (χ0v) is 14.3. The van der Waals surface area contributed by atoms with Crippen LogP contribution in [0.5, 0.6) is 5.75 Å². The van der Waals surface area contributed by atoms with Gasteiger partial charge in [0.1, 0.15) is 5.75 Å². The van der Waals surface area contributed by atoms with Crippen LogP contribution in [0, 0.1) is 5.41 Å². The fourth-order valence-corrected chi connectivity index (χ4v) is 3.28. The summed E-state index contributed by atoms with van der Waals surface area (Å²) in [5.41, 5.74) is 9.47. The number of fused-ring (bicyclic) bond motifs is 1. The second-order valence-corrected chi connectivity index (χ2v) is 7.40. The van der Waals surface area contributed by atoms with Crippen LogP contribution in [0.3, 0.4) is 0 Å². The van der Waals surface area contributed by atoms with E-state index in [2.05, 4.69) is 51.8 Å². The Labute approximate surface area is 129 Å². The molecule has 118 valence electrons. The molecule has 0 spiro atoms. The van der Waals surface area contributed by atoms with Crippen LogP contribution in [-0.4, -0.2) is 31.1 Å². The number of ether oxygens (including phenoxy) is 1. The molecule has 3 unspecified atom stereocenters. The van der Waals surface area contributed by atoms with Gasteiger partial charge in [-0.2, -0.15) is 0 Å². The first-order valence-corrected chi connectivity index (χ1v) is 7.90. The van der Waals surface area contributed by atoms with Crippen LogP contribution >= 0.6 is 0 Å². The van der Waals surface area contributed by atoms with Crippen molar-refractivity contribution < 1.29 is 4.74 Å². The third kappa shape index (κ3) is 3.24. The fourth-order valence-electron chi connectivity index (χ4n) is 3.28. The van der Waals surface area contributed by atoms with Crippen molar-refractivity contribution in [3.05, 3.63) is 29.3 Å². The van der Waals surface area contributed by atoms with E-state index in [1.807, 2.05) is 6.07 Å². The maximum atomic E-state index is 6.60. The van der Waals surface area contributed by atoms with E-state index in [9.17, 15) is 0 Å². The summed E-state index contributed by atoms with van der Waals surface area (Å²) >= 11 is 0. The van der Waals surface area contributed by atoms with Crippen LogP contribution in [0.4, 0.5) is 0 Å². The van der Waals surface area contributed by atoms with Gasteiger partial charge >= 0.3 is 0 Å². The van der Waals surface area contributed by atoms with Crippen molar-refractivity contribution in [1.29, 1.82) is 0 Å². The highest BCUT2D eigenvalue weighted by molar-refractivity contribution is 5.40. The molecule has 3 heteroatoms. The van der Waals surface area contributed by atoms with Crippen LogP contribution in [0.1, 0.15) is 51.3 Å². The monoisotopic (exact) mass is 290 g/mol. The molecule has 2 rings (SSSR count). The maximum Gasteiger partial charge on any atom is 0.119 e. The van der Waals surface area contributed by atoms with E-state index in [1.54, 1.807) is 7.11 Å². The topological polar surface area (TPSA) is 38.5 Å². The van der Waals surface area contributed by atoms with Crippen molar-refractivity contribution in [2.45, 2.75) is 58.7 Å². The van der Waals surface area contributed by atoms with Crippen molar-refractivity contribution in [3.63, 3.8) is 0 Å². The summed E-state index contributed by atoms with van der Waals surface area (Å²) in [6.07, 6.45) is 2.22. The van der Waals surface area contributed by atoms with E-state index < -0.39 is 0 Å². The Balaban J connectivity index is 2.25. The lowest BCUT2D eigenvalue weighted by molar-refractivity contribution is 0.0762. The molecule has 3 nitrogen and oxygen atoms in total. The van der Waals surface area contributed by atoms with Gasteiger partial charge < -0.3 is 10.5 Å². The van der Waals surface area contributed by atoms with E-state index >= 15 is 0 Å². The number of benzene rings is 1. The van der Waals surface area contributed by atoms with Crippen molar-refractivity contribution in [1.82, 2.24) is 4.90 Å². The normalized spacial score (nSPS) is 23.8. The van der Waals surface area contributed by atoms with Crippen LogP contribution in [0.15, 0.2) is 18.2 Å². The molecule has 0 amide bonds. The Hall–Kier alpha value is -1.06. The molecule has 2 N–H and O–H groups in total. The van der Waals surface area contributed by atoms with Crippen LogP contribution in [0.2, 0.25) is 0 Å². The standard InChI is InChI=1S/C18H30N2O/c1-12(18(2,3)4)20(5)16-10-8-13-7-9-14(21-6)11-15(13)17(16)19/h7,9,11-12,16-17H,8,10,19H2,1-6H3. The molecule has 0 saturated carbocycles. The number of methoxy groups -OCH3 is 1. The number of aryl methyl sites for hydroxylation is 1. The van der Waals surface area contributed by atoms with Crippen LogP contribution in [-0.2, 0) is 6.42 Å². The van der Waals surface area contributed by atoms with Gasteiger partial charge in [-0.15, -0.1) is 0 Å².